The van der Waals surface area contributed by atoms with E-state index in [1.807, 2.05) is 21.1 Å². The Bertz CT molecular complexity index is 919. The second kappa shape index (κ2) is 10.1. The van der Waals surface area contributed by atoms with Gasteiger partial charge in [0.25, 0.3) is 17.7 Å². The molecule has 2 aromatic heterocycles. The van der Waals surface area contributed by atoms with Crippen LogP contribution in [0.4, 0.5) is 5.69 Å². The van der Waals surface area contributed by atoms with E-state index >= 15 is 0 Å². The topological polar surface area (TPSA) is 80.0 Å². The number of nitrogens with one attached hydrogen (secondary N) is 1. The molecular formula is C22H30N5O3+. The van der Waals surface area contributed by atoms with Crippen LogP contribution in [0.25, 0.3) is 11.7 Å². The van der Waals surface area contributed by atoms with Crippen LogP contribution < -0.4 is 9.80 Å². The van der Waals surface area contributed by atoms with Crippen molar-refractivity contribution < 1.29 is 18.5 Å². The van der Waals surface area contributed by atoms with E-state index in [0.29, 0.717) is 37.2 Å². The van der Waals surface area contributed by atoms with Gasteiger partial charge in [-0.1, -0.05) is 19.1 Å². The maximum Gasteiger partial charge on any atom is 0.283 e. The van der Waals surface area contributed by atoms with Crippen LogP contribution >= 0.6 is 0 Å². The van der Waals surface area contributed by atoms with E-state index in [1.54, 1.807) is 23.3 Å². The van der Waals surface area contributed by atoms with Gasteiger partial charge in [0, 0.05) is 33.4 Å². The summed E-state index contributed by atoms with van der Waals surface area (Å²) in [5.74, 6) is 1.48. The largest absolute Gasteiger partial charge is 0.459 e. The molecule has 0 radical (unpaired) electrons. The van der Waals surface area contributed by atoms with Gasteiger partial charge in [0.05, 0.1) is 12.8 Å². The van der Waals surface area contributed by atoms with Crippen LogP contribution in [0.1, 0.15) is 24.8 Å². The van der Waals surface area contributed by atoms with E-state index in [9.17, 15) is 4.79 Å². The molecule has 8 heteroatoms. The van der Waals surface area contributed by atoms with Crippen molar-refractivity contribution in [2.24, 2.45) is 0 Å². The number of hydrogen-bond donors (Lipinski definition) is 1. The lowest BCUT2D eigenvalue weighted by atomic mass is 10.2. The lowest BCUT2D eigenvalue weighted by Crippen LogP contribution is -3.11. The molecule has 160 valence electrons. The second-order valence-corrected chi connectivity index (χ2v) is 7.64. The third-order valence-corrected chi connectivity index (χ3v) is 4.90. The standard InChI is InChI=1S/C22H29N5O3/c1-5-12-27(15-20-23-24-22(30-20)19-7-6-13-29-19)16-21(28)26(4)14-17-8-10-18(11-9-17)25(2)3/h6-11,13H,5,12,14-16H2,1-4H3/p+1. The van der Waals surface area contributed by atoms with E-state index in [4.69, 9.17) is 8.83 Å². The number of rotatable bonds is 10. The Kier molecular flexibility index (Phi) is 7.24. The zero-order valence-electron chi connectivity index (χ0n) is 18.1. The summed E-state index contributed by atoms with van der Waals surface area (Å²) >= 11 is 0. The molecule has 1 amide bonds. The molecule has 0 aliphatic rings. The van der Waals surface area contributed by atoms with Crippen molar-refractivity contribution >= 4 is 11.6 Å². The van der Waals surface area contributed by atoms with Gasteiger partial charge in [-0.25, -0.2) is 0 Å². The Morgan fingerprint density at radius 2 is 1.87 bits per heavy atom. The number of amides is 1. The van der Waals surface area contributed by atoms with Gasteiger partial charge in [-0.2, -0.15) is 0 Å². The average molecular weight is 413 g/mol. The van der Waals surface area contributed by atoms with Crippen LogP contribution in [0.15, 0.2) is 51.5 Å². The molecule has 1 atom stereocenters. The number of carbonyl (C=O) groups is 1. The molecule has 8 nitrogen and oxygen atoms in total. The summed E-state index contributed by atoms with van der Waals surface area (Å²) in [5.41, 5.74) is 2.24. The van der Waals surface area contributed by atoms with Crippen molar-refractivity contribution in [3.05, 3.63) is 54.1 Å². The Balaban J connectivity index is 1.57. The fourth-order valence-electron chi connectivity index (χ4n) is 3.24. The molecule has 0 fully saturated rings. The predicted molar refractivity (Wildman–Crippen MR) is 114 cm³/mol. The van der Waals surface area contributed by atoms with E-state index in [0.717, 1.165) is 29.1 Å². The molecular weight excluding hydrogens is 382 g/mol. The van der Waals surface area contributed by atoms with E-state index in [-0.39, 0.29) is 5.91 Å². The van der Waals surface area contributed by atoms with E-state index < -0.39 is 0 Å². The van der Waals surface area contributed by atoms with Gasteiger partial charge in [-0.05, 0) is 36.2 Å². The zero-order valence-corrected chi connectivity index (χ0v) is 18.1. The van der Waals surface area contributed by atoms with Crippen molar-refractivity contribution in [1.29, 1.82) is 0 Å². The number of hydrogen-bond acceptors (Lipinski definition) is 6. The Morgan fingerprint density at radius 3 is 2.50 bits per heavy atom. The highest BCUT2D eigenvalue weighted by Crippen LogP contribution is 2.17. The SMILES string of the molecule is CCC[NH+](CC(=O)N(C)Cc1ccc(N(C)C)cc1)Cc1nnc(-c2ccco2)o1. The number of aromatic nitrogens is 2. The van der Waals surface area contributed by atoms with Gasteiger partial charge in [-0.3, -0.25) is 4.79 Å². The summed E-state index contributed by atoms with van der Waals surface area (Å²) in [4.78, 5) is 17.7. The van der Waals surface area contributed by atoms with Crippen molar-refractivity contribution in [1.82, 2.24) is 15.1 Å². The monoisotopic (exact) mass is 412 g/mol. The van der Waals surface area contributed by atoms with Crippen molar-refractivity contribution in [3.63, 3.8) is 0 Å². The van der Waals surface area contributed by atoms with Gasteiger partial charge in [-0.15, -0.1) is 10.2 Å². The summed E-state index contributed by atoms with van der Waals surface area (Å²) in [6.07, 6.45) is 2.52. The fourth-order valence-corrected chi connectivity index (χ4v) is 3.24. The van der Waals surface area contributed by atoms with Crippen LogP contribution in [0, 0.1) is 0 Å². The molecule has 0 spiro atoms. The summed E-state index contributed by atoms with van der Waals surface area (Å²) in [7, 11) is 5.86. The summed E-state index contributed by atoms with van der Waals surface area (Å²) in [6.45, 7) is 4.39. The minimum absolute atomic E-state index is 0.0842. The quantitative estimate of drug-likeness (QED) is 0.547. The molecule has 1 aromatic carbocycles. The molecule has 0 aliphatic carbocycles. The van der Waals surface area contributed by atoms with E-state index in [1.165, 1.54) is 0 Å². The Labute approximate surface area is 177 Å². The first-order valence-corrected chi connectivity index (χ1v) is 10.2. The van der Waals surface area contributed by atoms with Crippen LogP contribution in [-0.4, -0.2) is 55.2 Å². The van der Waals surface area contributed by atoms with Gasteiger partial charge in [0.15, 0.2) is 18.8 Å². The smallest absolute Gasteiger partial charge is 0.283 e. The van der Waals surface area contributed by atoms with E-state index in [2.05, 4.69) is 46.3 Å². The number of quaternary nitrogens is 1. The van der Waals surface area contributed by atoms with Gasteiger partial charge >= 0.3 is 0 Å². The Morgan fingerprint density at radius 1 is 1.10 bits per heavy atom. The van der Waals surface area contributed by atoms with Crippen LogP contribution in [0.2, 0.25) is 0 Å². The number of likely N-dealkylation sites (N-methyl/N-ethyl adjacent to an activating group) is 1. The molecule has 3 aromatic rings. The molecule has 30 heavy (non-hydrogen) atoms. The molecule has 1 N–H and O–H groups in total. The maximum absolute atomic E-state index is 12.8. The molecule has 3 rings (SSSR count). The Hall–Kier alpha value is -3.13. The number of carbonyl (C=O) groups excluding carboxylic acids is 1. The number of anilines is 1. The molecule has 0 saturated carbocycles. The van der Waals surface area contributed by atoms with Gasteiger partial charge in [0.1, 0.15) is 0 Å². The molecule has 0 aliphatic heterocycles. The summed E-state index contributed by atoms with van der Waals surface area (Å²) in [5, 5.41) is 8.15. The first kappa shape index (κ1) is 21.6. The number of nitrogens with zero attached hydrogens (tertiary/aromatic N) is 4. The maximum atomic E-state index is 12.8. The third kappa shape index (κ3) is 5.70. The second-order valence-electron chi connectivity index (χ2n) is 7.64. The fraction of sp³-hybridized carbons (Fsp3) is 0.409. The highest BCUT2D eigenvalue weighted by molar-refractivity contribution is 5.76. The van der Waals surface area contributed by atoms with Gasteiger partial charge < -0.3 is 23.5 Å². The highest BCUT2D eigenvalue weighted by Gasteiger charge is 2.21. The van der Waals surface area contributed by atoms with Crippen molar-refractivity contribution in [2.75, 3.05) is 39.1 Å². The highest BCUT2D eigenvalue weighted by atomic mass is 16.4. The minimum Gasteiger partial charge on any atom is -0.459 e. The summed E-state index contributed by atoms with van der Waals surface area (Å²) in [6, 6.07) is 11.8. The van der Waals surface area contributed by atoms with Gasteiger partial charge in [0.2, 0.25) is 0 Å². The first-order valence-electron chi connectivity index (χ1n) is 10.2. The molecule has 0 saturated heterocycles. The van der Waals surface area contributed by atoms with Crippen LogP contribution in [-0.2, 0) is 17.9 Å². The lowest BCUT2D eigenvalue weighted by molar-refractivity contribution is -0.907. The predicted octanol–water partition coefficient (Wildman–Crippen LogP) is 1.85. The average Bonchev–Trinajstić information content (AvgIpc) is 3.40. The summed E-state index contributed by atoms with van der Waals surface area (Å²) < 4.78 is 11.0. The van der Waals surface area contributed by atoms with Crippen LogP contribution in [0.3, 0.4) is 0 Å². The first-order chi connectivity index (χ1) is 14.5. The zero-order chi connectivity index (χ0) is 21.5. The molecule has 0 bridgehead atoms. The number of benzene rings is 1. The van der Waals surface area contributed by atoms with Crippen molar-refractivity contribution in [2.45, 2.75) is 26.4 Å². The third-order valence-electron chi connectivity index (χ3n) is 4.90. The van der Waals surface area contributed by atoms with Crippen LogP contribution in [0.5, 0.6) is 0 Å². The number of furan rings is 1. The lowest BCUT2D eigenvalue weighted by Gasteiger charge is -2.22. The molecule has 1 unspecified atom stereocenters. The van der Waals surface area contributed by atoms with Crippen molar-refractivity contribution in [3.8, 4) is 11.7 Å². The minimum atomic E-state index is 0.0842. The molecule has 2 heterocycles. The normalized spacial score (nSPS) is 12.0.